The van der Waals surface area contributed by atoms with E-state index < -0.39 is 0 Å². The number of piperazine rings is 1. The molecule has 2 aliphatic rings. The number of rotatable bonds is 5. The Kier molecular flexibility index (Phi) is 6.64. The fourth-order valence-corrected chi connectivity index (χ4v) is 4.18. The van der Waals surface area contributed by atoms with Crippen LogP contribution < -0.4 is 5.43 Å². The van der Waals surface area contributed by atoms with E-state index in [4.69, 9.17) is 12.2 Å². The van der Waals surface area contributed by atoms with Gasteiger partial charge in [0, 0.05) is 39.1 Å². The summed E-state index contributed by atoms with van der Waals surface area (Å²) >= 11 is 6.63. The number of hydrazine groups is 1. The highest BCUT2D eigenvalue weighted by Gasteiger charge is 2.32. The third kappa shape index (κ3) is 5.38. The van der Waals surface area contributed by atoms with Crippen LogP contribution in [0.1, 0.15) is 17.5 Å². The van der Waals surface area contributed by atoms with E-state index in [0.717, 1.165) is 31.7 Å². The van der Waals surface area contributed by atoms with Crippen LogP contribution in [0.4, 0.5) is 0 Å². The average molecular weight is 405 g/mol. The zero-order valence-electron chi connectivity index (χ0n) is 15.6. The number of aryl methyl sites for hydroxylation is 1. The summed E-state index contributed by atoms with van der Waals surface area (Å²) in [6, 6.07) is 7.97. The lowest BCUT2D eigenvalue weighted by molar-refractivity contribution is -0.127. The number of nitrogens with zero attached hydrogens (tertiary/aromatic N) is 3. The molecule has 144 valence electrons. The molecule has 6 nitrogen and oxygen atoms in total. The summed E-state index contributed by atoms with van der Waals surface area (Å²) in [5.74, 6) is -0.214. The van der Waals surface area contributed by atoms with Crippen molar-refractivity contribution < 1.29 is 9.59 Å². The lowest BCUT2D eigenvalue weighted by atomic mass is 10.1. The molecule has 0 bridgehead atoms. The van der Waals surface area contributed by atoms with Gasteiger partial charge in [-0.3, -0.25) is 19.9 Å². The molecule has 1 aromatic rings. The molecule has 0 saturated carbocycles. The van der Waals surface area contributed by atoms with Gasteiger partial charge < -0.3 is 4.90 Å². The van der Waals surface area contributed by atoms with Crippen LogP contribution in [0.15, 0.2) is 29.2 Å². The van der Waals surface area contributed by atoms with Crippen LogP contribution in [0.5, 0.6) is 0 Å². The van der Waals surface area contributed by atoms with Gasteiger partial charge in [0.05, 0.1) is 4.91 Å². The Morgan fingerprint density at radius 3 is 2.56 bits per heavy atom. The standard InChI is InChI=1S/C19H24N4O2S2/c1-14-3-5-15(6-4-14)13-16-18(25)23(19(26)27-16)8-7-17(24)20-22-11-9-21(2)10-12-22/h3-6,13H,7-12H2,1-2H3,(H,20,24). The second-order valence-corrected chi connectivity index (χ2v) is 8.50. The summed E-state index contributed by atoms with van der Waals surface area (Å²) < 4.78 is 0.505. The number of carbonyl (C=O) groups is 2. The molecule has 0 radical (unpaired) electrons. The van der Waals surface area contributed by atoms with Crippen LogP contribution in [0.2, 0.25) is 0 Å². The van der Waals surface area contributed by atoms with Crippen molar-refractivity contribution in [1.82, 2.24) is 20.2 Å². The summed E-state index contributed by atoms with van der Waals surface area (Å²) in [6.07, 6.45) is 2.08. The predicted molar refractivity (Wildman–Crippen MR) is 113 cm³/mol. The number of thioether (sulfide) groups is 1. The highest BCUT2D eigenvalue weighted by Crippen LogP contribution is 2.32. The quantitative estimate of drug-likeness (QED) is 0.597. The highest BCUT2D eigenvalue weighted by molar-refractivity contribution is 8.26. The summed E-state index contributed by atoms with van der Waals surface area (Å²) in [5.41, 5.74) is 5.05. The zero-order chi connectivity index (χ0) is 19.4. The molecule has 27 heavy (non-hydrogen) atoms. The minimum absolute atomic E-state index is 0.0869. The Balaban J connectivity index is 1.53. The minimum Gasteiger partial charge on any atom is -0.304 e. The van der Waals surface area contributed by atoms with Gasteiger partial charge >= 0.3 is 0 Å². The van der Waals surface area contributed by atoms with Crippen molar-refractivity contribution in [2.24, 2.45) is 0 Å². The summed E-state index contributed by atoms with van der Waals surface area (Å²) in [4.78, 5) is 29.2. The Bertz CT molecular complexity index is 755. The van der Waals surface area contributed by atoms with Crippen LogP contribution >= 0.6 is 24.0 Å². The second kappa shape index (κ2) is 8.97. The van der Waals surface area contributed by atoms with Crippen LogP contribution in [0, 0.1) is 6.92 Å². The Morgan fingerprint density at radius 2 is 1.89 bits per heavy atom. The minimum atomic E-state index is -0.127. The van der Waals surface area contributed by atoms with E-state index in [1.165, 1.54) is 22.2 Å². The molecular formula is C19H24N4O2S2. The first kappa shape index (κ1) is 20.0. The SMILES string of the molecule is Cc1ccc(C=C2SC(=S)N(CCC(=O)NN3CCN(C)CC3)C2=O)cc1. The molecule has 1 aromatic carbocycles. The first-order chi connectivity index (χ1) is 12.9. The summed E-state index contributed by atoms with van der Waals surface area (Å²) in [5, 5.41) is 1.93. The van der Waals surface area contributed by atoms with Crippen LogP contribution in [0.25, 0.3) is 6.08 Å². The fourth-order valence-electron chi connectivity index (χ4n) is 2.87. The number of thiocarbonyl (C=S) groups is 1. The Labute approximate surface area is 169 Å². The molecule has 0 atom stereocenters. The number of hydrogen-bond donors (Lipinski definition) is 1. The molecule has 1 N–H and O–H groups in total. The van der Waals surface area contributed by atoms with Gasteiger partial charge in [-0.15, -0.1) is 0 Å². The van der Waals surface area contributed by atoms with Gasteiger partial charge in [-0.1, -0.05) is 53.8 Å². The first-order valence-electron chi connectivity index (χ1n) is 8.97. The maximum absolute atomic E-state index is 12.6. The molecule has 8 heteroatoms. The van der Waals surface area contributed by atoms with Crippen molar-refractivity contribution in [3.05, 3.63) is 40.3 Å². The van der Waals surface area contributed by atoms with Crippen molar-refractivity contribution >= 4 is 46.2 Å². The molecule has 0 spiro atoms. The van der Waals surface area contributed by atoms with E-state index in [-0.39, 0.29) is 18.2 Å². The largest absolute Gasteiger partial charge is 0.304 e. The number of likely N-dealkylation sites (N-methyl/N-ethyl adjacent to an activating group) is 1. The molecule has 2 heterocycles. The van der Waals surface area contributed by atoms with Crippen LogP contribution in [-0.2, 0) is 9.59 Å². The van der Waals surface area contributed by atoms with Crippen LogP contribution in [0.3, 0.4) is 0 Å². The molecule has 2 aliphatic heterocycles. The monoisotopic (exact) mass is 404 g/mol. The smallest absolute Gasteiger partial charge is 0.266 e. The molecule has 2 fully saturated rings. The van der Waals surface area contributed by atoms with Gasteiger partial charge in [0.25, 0.3) is 5.91 Å². The average Bonchev–Trinajstić information content (AvgIpc) is 2.90. The third-order valence-electron chi connectivity index (χ3n) is 4.60. The van der Waals surface area contributed by atoms with E-state index in [0.29, 0.717) is 15.8 Å². The number of hydrogen-bond acceptors (Lipinski definition) is 6. The van der Waals surface area contributed by atoms with Gasteiger partial charge in [-0.05, 0) is 25.6 Å². The molecule has 2 saturated heterocycles. The van der Waals surface area contributed by atoms with E-state index in [1.807, 2.05) is 42.3 Å². The van der Waals surface area contributed by atoms with E-state index in [9.17, 15) is 9.59 Å². The summed E-state index contributed by atoms with van der Waals surface area (Å²) in [7, 11) is 2.07. The number of amides is 2. The molecule has 2 amide bonds. The Morgan fingerprint density at radius 1 is 1.22 bits per heavy atom. The van der Waals surface area contributed by atoms with Crippen LogP contribution in [-0.4, -0.2) is 70.7 Å². The van der Waals surface area contributed by atoms with Gasteiger partial charge in [0.15, 0.2) is 0 Å². The topological polar surface area (TPSA) is 55.9 Å². The van der Waals surface area contributed by atoms with Gasteiger partial charge in [-0.2, -0.15) is 0 Å². The molecule has 3 rings (SSSR count). The number of benzene rings is 1. The fraction of sp³-hybridized carbons (Fsp3) is 0.421. The summed E-state index contributed by atoms with van der Waals surface area (Å²) in [6.45, 7) is 5.80. The van der Waals surface area contributed by atoms with Gasteiger partial charge in [0.2, 0.25) is 5.91 Å². The lowest BCUT2D eigenvalue weighted by Gasteiger charge is -2.32. The molecule has 0 aliphatic carbocycles. The van der Waals surface area contributed by atoms with Crippen molar-refractivity contribution in [2.75, 3.05) is 39.8 Å². The number of nitrogens with one attached hydrogen (secondary N) is 1. The van der Waals surface area contributed by atoms with E-state index >= 15 is 0 Å². The Hall–Kier alpha value is -1.74. The first-order valence-corrected chi connectivity index (χ1v) is 10.2. The second-order valence-electron chi connectivity index (χ2n) is 6.82. The van der Waals surface area contributed by atoms with Gasteiger partial charge in [0.1, 0.15) is 4.32 Å². The third-order valence-corrected chi connectivity index (χ3v) is 5.98. The van der Waals surface area contributed by atoms with Crippen molar-refractivity contribution in [3.8, 4) is 0 Å². The zero-order valence-corrected chi connectivity index (χ0v) is 17.2. The van der Waals surface area contributed by atoms with E-state index in [2.05, 4.69) is 17.4 Å². The molecular weight excluding hydrogens is 380 g/mol. The van der Waals surface area contributed by atoms with Crippen molar-refractivity contribution in [1.29, 1.82) is 0 Å². The molecule has 0 aromatic heterocycles. The maximum atomic E-state index is 12.6. The maximum Gasteiger partial charge on any atom is 0.266 e. The van der Waals surface area contributed by atoms with Crippen molar-refractivity contribution in [3.63, 3.8) is 0 Å². The predicted octanol–water partition coefficient (Wildman–Crippen LogP) is 1.86. The van der Waals surface area contributed by atoms with E-state index in [1.54, 1.807) is 0 Å². The highest BCUT2D eigenvalue weighted by atomic mass is 32.2. The molecule has 0 unspecified atom stereocenters. The van der Waals surface area contributed by atoms with Crippen molar-refractivity contribution in [2.45, 2.75) is 13.3 Å². The van der Waals surface area contributed by atoms with Gasteiger partial charge in [-0.25, -0.2) is 5.01 Å². The lowest BCUT2D eigenvalue weighted by Crippen LogP contribution is -2.52. The normalized spacial score (nSPS) is 20.5. The number of carbonyl (C=O) groups excluding carboxylic acids is 2.